The van der Waals surface area contributed by atoms with Gasteiger partial charge in [0, 0.05) is 18.7 Å². The molecule has 3 rings (SSSR count). The number of nitrogens with zero attached hydrogens (tertiary/aromatic N) is 1. The van der Waals surface area contributed by atoms with Crippen LogP contribution in [0.15, 0.2) is 24.3 Å². The summed E-state index contributed by atoms with van der Waals surface area (Å²) in [5.74, 6) is 2.26. The van der Waals surface area contributed by atoms with Gasteiger partial charge in [0.15, 0.2) is 12.4 Å². The van der Waals surface area contributed by atoms with Gasteiger partial charge in [-0.05, 0) is 55.9 Å². The number of piperidine rings is 1. The molecule has 1 saturated heterocycles. The van der Waals surface area contributed by atoms with Crippen LogP contribution in [0.4, 0.5) is 0 Å². The highest BCUT2D eigenvalue weighted by atomic mass is 16.5. The van der Waals surface area contributed by atoms with Crippen LogP contribution in [0.2, 0.25) is 0 Å². The summed E-state index contributed by atoms with van der Waals surface area (Å²) in [6, 6.07) is 6.96. The molecule has 2 fully saturated rings. The monoisotopic (exact) mass is 315 g/mol. The predicted octanol–water partition coefficient (Wildman–Crippen LogP) is 3.31. The van der Waals surface area contributed by atoms with Crippen molar-refractivity contribution in [1.82, 2.24) is 4.90 Å². The Labute approximate surface area is 137 Å². The summed E-state index contributed by atoms with van der Waals surface area (Å²) in [4.78, 5) is 25.6. The maximum Gasteiger partial charge on any atom is 0.260 e. The van der Waals surface area contributed by atoms with Crippen LogP contribution in [0.25, 0.3) is 0 Å². The molecule has 1 heterocycles. The third-order valence-electron chi connectivity index (χ3n) is 5.27. The molecule has 4 nitrogen and oxygen atoms in total. The Kier molecular flexibility index (Phi) is 4.99. The molecule has 23 heavy (non-hydrogen) atoms. The molecule has 1 amide bonds. The van der Waals surface area contributed by atoms with Crippen LogP contribution < -0.4 is 4.74 Å². The molecule has 0 N–H and O–H groups in total. The van der Waals surface area contributed by atoms with Crippen molar-refractivity contribution >= 4 is 11.7 Å². The zero-order chi connectivity index (χ0) is 16.2. The number of fused-ring (bicyclic) bond motifs is 1. The van der Waals surface area contributed by atoms with Crippen LogP contribution in [0.3, 0.4) is 0 Å². The Bertz CT molecular complexity index is 566. The molecule has 1 aromatic carbocycles. The summed E-state index contributed by atoms with van der Waals surface area (Å²) in [7, 11) is 0. The van der Waals surface area contributed by atoms with Gasteiger partial charge >= 0.3 is 0 Å². The van der Waals surface area contributed by atoms with Gasteiger partial charge in [0.25, 0.3) is 5.91 Å². The fraction of sp³-hybridized carbons (Fsp3) is 0.579. The van der Waals surface area contributed by atoms with Gasteiger partial charge in [-0.15, -0.1) is 0 Å². The molecule has 1 aliphatic heterocycles. The number of carbonyl (C=O) groups is 2. The third kappa shape index (κ3) is 3.92. The summed E-state index contributed by atoms with van der Waals surface area (Å²) < 4.78 is 5.59. The van der Waals surface area contributed by atoms with Gasteiger partial charge in [-0.2, -0.15) is 0 Å². The van der Waals surface area contributed by atoms with Crippen LogP contribution in [0, 0.1) is 11.8 Å². The van der Waals surface area contributed by atoms with Crippen molar-refractivity contribution < 1.29 is 14.3 Å². The first kappa shape index (κ1) is 16.0. The Hall–Kier alpha value is -1.84. The quantitative estimate of drug-likeness (QED) is 0.801. The van der Waals surface area contributed by atoms with Crippen LogP contribution in [0.1, 0.15) is 49.4 Å². The number of carbonyl (C=O) groups excluding carboxylic acids is 2. The number of Topliss-reactive ketones (excluding diaryl/α,β-unsaturated/α-hetero) is 1. The van der Waals surface area contributed by atoms with Crippen LogP contribution >= 0.6 is 0 Å². The highest BCUT2D eigenvalue weighted by Gasteiger charge is 2.32. The lowest BCUT2D eigenvalue weighted by Crippen LogP contribution is -2.46. The lowest BCUT2D eigenvalue weighted by atomic mass is 9.75. The minimum Gasteiger partial charge on any atom is -0.484 e. The Morgan fingerprint density at radius 3 is 2.48 bits per heavy atom. The number of hydrogen-bond donors (Lipinski definition) is 0. The highest BCUT2D eigenvalue weighted by molar-refractivity contribution is 5.94. The van der Waals surface area contributed by atoms with Crippen molar-refractivity contribution in [2.24, 2.45) is 11.8 Å². The Morgan fingerprint density at radius 2 is 1.78 bits per heavy atom. The summed E-state index contributed by atoms with van der Waals surface area (Å²) in [6.45, 7) is 3.38. The van der Waals surface area contributed by atoms with Crippen molar-refractivity contribution in [2.75, 3.05) is 19.7 Å². The molecule has 0 spiro atoms. The van der Waals surface area contributed by atoms with Crippen molar-refractivity contribution in [1.29, 1.82) is 0 Å². The van der Waals surface area contributed by atoms with Crippen molar-refractivity contribution in [3.8, 4) is 5.75 Å². The van der Waals surface area contributed by atoms with Gasteiger partial charge < -0.3 is 9.64 Å². The largest absolute Gasteiger partial charge is 0.484 e. The van der Waals surface area contributed by atoms with E-state index in [1.165, 1.54) is 32.6 Å². The van der Waals surface area contributed by atoms with Crippen LogP contribution in [-0.2, 0) is 4.79 Å². The summed E-state index contributed by atoms with van der Waals surface area (Å²) in [6.07, 6.45) is 6.41. The molecule has 0 aromatic heterocycles. The number of hydrogen-bond acceptors (Lipinski definition) is 3. The van der Waals surface area contributed by atoms with Crippen molar-refractivity contribution in [3.63, 3.8) is 0 Å². The van der Waals surface area contributed by atoms with E-state index in [2.05, 4.69) is 0 Å². The van der Waals surface area contributed by atoms with E-state index in [1.54, 1.807) is 24.3 Å². The fourth-order valence-electron chi connectivity index (χ4n) is 3.85. The minimum absolute atomic E-state index is 0.0305. The molecule has 0 radical (unpaired) electrons. The summed E-state index contributed by atoms with van der Waals surface area (Å²) in [5, 5.41) is 0. The van der Waals surface area contributed by atoms with Crippen LogP contribution in [0.5, 0.6) is 5.75 Å². The molecular weight excluding hydrogens is 290 g/mol. The zero-order valence-electron chi connectivity index (χ0n) is 13.8. The molecular formula is C19H25NO3. The predicted molar refractivity (Wildman–Crippen MR) is 88.6 cm³/mol. The number of ketones is 1. The van der Waals surface area contributed by atoms with Gasteiger partial charge in [0.05, 0.1) is 0 Å². The number of ether oxygens (including phenoxy) is 1. The number of rotatable bonds is 4. The number of amides is 1. The molecule has 1 aromatic rings. The van der Waals surface area contributed by atoms with Crippen LogP contribution in [-0.4, -0.2) is 36.3 Å². The molecule has 124 valence electrons. The molecule has 4 heteroatoms. The third-order valence-corrected chi connectivity index (χ3v) is 5.27. The molecule has 2 atom stereocenters. The second-order valence-electron chi connectivity index (χ2n) is 6.80. The average molecular weight is 315 g/mol. The molecule has 0 bridgehead atoms. The van der Waals surface area contributed by atoms with Gasteiger partial charge in [0.1, 0.15) is 5.75 Å². The first-order valence-electron chi connectivity index (χ1n) is 8.65. The van der Waals surface area contributed by atoms with E-state index in [0.717, 1.165) is 25.4 Å². The summed E-state index contributed by atoms with van der Waals surface area (Å²) >= 11 is 0. The fourth-order valence-corrected chi connectivity index (χ4v) is 3.85. The standard InChI is InChI=1S/C19H25NO3/c1-14(21)15-6-8-18(9-7-15)23-13-19(22)20-11-10-16-4-2-3-5-17(16)12-20/h6-9,16-17H,2-5,10-13H2,1H3/t16-,17-/m1/s1. The Balaban J connectivity index is 1.50. The zero-order valence-corrected chi connectivity index (χ0v) is 13.8. The van der Waals surface area contributed by atoms with E-state index in [1.807, 2.05) is 4.90 Å². The van der Waals surface area contributed by atoms with Gasteiger partial charge in [-0.1, -0.05) is 19.3 Å². The normalized spacial score (nSPS) is 24.0. The number of benzene rings is 1. The topological polar surface area (TPSA) is 46.6 Å². The maximum atomic E-state index is 12.4. The lowest BCUT2D eigenvalue weighted by molar-refractivity contribution is -0.136. The van der Waals surface area contributed by atoms with Gasteiger partial charge in [-0.3, -0.25) is 9.59 Å². The lowest BCUT2D eigenvalue weighted by Gasteiger charge is -2.41. The van der Waals surface area contributed by atoms with Crippen molar-refractivity contribution in [3.05, 3.63) is 29.8 Å². The van der Waals surface area contributed by atoms with Gasteiger partial charge in [0.2, 0.25) is 0 Å². The van der Waals surface area contributed by atoms with E-state index in [9.17, 15) is 9.59 Å². The van der Waals surface area contributed by atoms with E-state index in [-0.39, 0.29) is 18.3 Å². The first-order chi connectivity index (χ1) is 11.1. The summed E-state index contributed by atoms with van der Waals surface area (Å²) in [5.41, 5.74) is 0.656. The molecule has 1 saturated carbocycles. The average Bonchev–Trinajstić information content (AvgIpc) is 2.59. The molecule has 1 aliphatic carbocycles. The minimum atomic E-state index is 0.0305. The highest BCUT2D eigenvalue weighted by Crippen LogP contribution is 2.36. The first-order valence-corrected chi connectivity index (χ1v) is 8.65. The van der Waals surface area contributed by atoms with E-state index >= 15 is 0 Å². The number of likely N-dealkylation sites (tertiary alicyclic amines) is 1. The second kappa shape index (κ2) is 7.16. The van der Waals surface area contributed by atoms with E-state index in [4.69, 9.17) is 4.74 Å². The molecule has 0 unspecified atom stereocenters. The SMILES string of the molecule is CC(=O)c1ccc(OCC(=O)N2CC[C@H]3CCCC[C@@H]3C2)cc1. The van der Waals surface area contributed by atoms with E-state index in [0.29, 0.717) is 17.2 Å². The van der Waals surface area contributed by atoms with Gasteiger partial charge in [-0.25, -0.2) is 0 Å². The molecule has 2 aliphatic rings. The Morgan fingerprint density at radius 1 is 1.09 bits per heavy atom. The van der Waals surface area contributed by atoms with E-state index < -0.39 is 0 Å². The van der Waals surface area contributed by atoms with Crippen molar-refractivity contribution in [2.45, 2.75) is 39.0 Å². The second-order valence-corrected chi connectivity index (χ2v) is 6.80. The maximum absolute atomic E-state index is 12.4. The smallest absolute Gasteiger partial charge is 0.260 e.